The van der Waals surface area contributed by atoms with E-state index in [0.717, 1.165) is 18.4 Å². The van der Waals surface area contributed by atoms with Crippen molar-refractivity contribution in [1.82, 2.24) is 5.32 Å². The molecule has 4 N–H and O–H groups in total. The highest BCUT2D eigenvalue weighted by atomic mass is 16.5. The molecule has 0 aromatic heterocycles. The van der Waals surface area contributed by atoms with Crippen molar-refractivity contribution in [2.45, 2.75) is 57.8 Å². The molecule has 0 aliphatic rings. The molecule has 10 nitrogen and oxygen atoms in total. The molecular weight excluding hydrogens is 612 g/mol. The number of esters is 1. The Kier molecular flexibility index (Phi) is 13.5. The number of carbonyl (C=O) groups excluding carboxylic acids is 3. The van der Waals surface area contributed by atoms with Crippen LogP contribution in [0.1, 0.15) is 76.9 Å². The number of benzene rings is 4. The van der Waals surface area contributed by atoms with E-state index in [0.29, 0.717) is 34.9 Å². The van der Waals surface area contributed by atoms with E-state index < -0.39 is 24.2 Å². The lowest BCUT2D eigenvalue weighted by molar-refractivity contribution is -0.115. The highest BCUT2D eigenvalue weighted by molar-refractivity contribution is 5.96. The highest BCUT2D eigenvalue weighted by Crippen LogP contribution is 2.23. The average Bonchev–Trinajstić information content (AvgIpc) is 3.09. The third-order valence-corrected chi connectivity index (χ3v) is 7.60. The minimum atomic E-state index is -1.91. The maximum Gasteiger partial charge on any atom is 0.343 e. The molecule has 0 bridgehead atoms. The van der Waals surface area contributed by atoms with E-state index in [1.54, 1.807) is 55.6 Å². The molecule has 4 aromatic carbocycles. The molecule has 0 aliphatic carbocycles. The van der Waals surface area contributed by atoms with Crippen molar-refractivity contribution in [3.05, 3.63) is 119 Å². The molecule has 0 fully saturated rings. The van der Waals surface area contributed by atoms with Crippen molar-refractivity contribution in [1.29, 1.82) is 0 Å². The molecule has 2 amide bonds. The zero-order valence-corrected chi connectivity index (χ0v) is 27.2. The average molecular weight is 655 g/mol. The first-order valence-corrected chi connectivity index (χ1v) is 16.0. The van der Waals surface area contributed by atoms with Crippen LogP contribution in [0.2, 0.25) is 0 Å². The minimum Gasteiger partial charge on any atom is -0.497 e. The molecule has 0 saturated heterocycles. The van der Waals surface area contributed by atoms with Gasteiger partial charge in [0.2, 0.25) is 5.91 Å². The van der Waals surface area contributed by atoms with E-state index in [1.807, 2.05) is 12.1 Å². The Bertz CT molecular complexity index is 1600. The summed E-state index contributed by atoms with van der Waals surface area (Å²) in [4.78, 5) is 38.1. The zero-order valence-electron chi connectivity index (χ0n) is 27.2. The van der Waals surface area contributed by atoms with Gasteiger partial charge in [-0.15, -0.1) is 0 Å². The van der Waals surface area contributed by atoms with Crippen molar-refractivity contribution in [3.63, 3.8) is 0 Å². The van der Waals surface area contributed by atoms with E-state index in [1.165, 1.54) is 55.7 Å². The van der Waals surface area contributed by atoms with Gasteiger partial charge in [-0.2, -0.15) is 0 Å². The van der Waals surface area contributed by atoms with Crippen LogP contribution in [0.25, 0.3) is 0 Å². The van der Waals surface area contributed by atoms with Gasteiger partial charge in [-0.25, -0.2) is 4.79 Å². The van der Waals surface area contributed by atoms with Gasteiger partial charge in [0, 0.05) is 11.3 Å². The normalized spacial score (nSPS) is 11.4. The van der Waals surface area contributed by atoms with Crippen molar-refractivity contribution < 1.29 is 38.8 Å². The van der Waals surface area contributed by atoms with Crippen LogP contribution in [0, 0.1) is 0 Å². The van der Waals surface area contributed by atoms with E-state index in [2.05, 4.69) is 17.6 Å². The summed E-state index contributed by atoms with van der Waals surface area (Å²) in [6, 6.07) is 25.1. The molecule has 252 valence electrons. The molecule has 4 aromatic rings. The van der Waals surface area contributed by atoms with Gasteiger partial charge >= 0.3 is 5.97 Å². The number of anilines is 1. The van der Waals surface area contributed by atoms with E-state index in [-0.39, 0.29) is 23.6 Å². The first-order valence-electron chi connectivity index (χ1n) is 16.0. The number of methoxy groups -OCH3 is 1. The number of rotatable bonds is 17. The van der Waals surface area contributed by atoms with E-state index in [4.69, 9.17) is 14.2 Å². The second-order valence-corrected chi connectivity index (χ2v) is 11.3. The molecule has 0 aliphatic heterocycles. The lowest BCUT2D eigenvalue weighted by Gasteiger charge is -2.21. The molecule has 0 heterocycles. The molecule has 0 saturated carbocycles. The van der Waals surface area contributed by atoms with E-state index >= 15 is 0 Å². The van der Waals surface area contributed by atoms with Crippen molar-refractivity contribution in [2.75, 3.05) is 19.0 Å². The van der Waals surface area contributed by atoms with Gasteiger partial charge in [0.1, 0.15) is 23.3 Å². The molecule has 1 atom stereocenters. The second-order valence-electron chi connectivity index (χ2n) is 11.3. The summed E-state index contributed by atoms with van der Waals surface area (Å²) in [6.45, 7) is 2.81. The Morgan fingerprint density at radius 1 is 0.708 bits per heavy atom. The maximum absolute atomic E-state index is 13.0. The van der Waals surface area contributed by atoms with Crippen molar-refractivity contribution >= 4 is 23.5 Å². The molecule has 48 heavy (non-hydrogen) atoms. The Morgan fingerprint density at radius 3 is 1.94 bits per heavy atom. The number of aliphatic hydroxyl groups excluding tert-OH is 1. The van der Waals surface area contributed by atoms with Gasteiger partial charge in [-0.05, 0) is 90.3 Å². The molecule has 1 unspecified atom stereocenters. The summed E-state index contributed by atoms with van der Waals surface area (Å²) in [5.41, 5.74) is 2.32. The summed E-state index contributed by atoms with van der Waals surface area (Å²) in [5, 5.41) is 25.5. The number of nitrogens with one attached hydrogen (secondary N) is 2. The third kappa shape index (κ3) is 11.0. The quantitative estimate of drug-likeness (QED) is 0.0455. The van der Waals surface area contributed by atoms with Crippen LogP contribution >= 0.6 is 0 Å². The third-order valence-electron chi connectivity index (χ3n) is 7.60. The highest BCUT2D eigenvalue weighted by Gasteiger charge is 2.22. The summed E-state index contributed by atoms with van der Waals surface area (Å²) < 4.78 is 16.4. The smallest absolute Gasteiger partial charge is 0.343 e. The number of unbranched alkanes of at least 4 members (excludes halogenated alkanes) is 4. The van der Waals surface area contributed by atoms with Crippen LogP contribution < -0.4 is 24.8 Å². The summed E-state index contributed by atoms with van der Waals surface area (Å²) in [7, 11) is 1.57. The predicted molar refractivity (Wildman–Crippen MR) is 182 cm³/mol. The first-order chi connectivity index (χ1) is 23.2. The number of aliphatic hydroxyl groups is 2. The zero-order chi connectivity index (χ0) is 34.3. The fourth-order valence-electron chi connectivity index (χ4n) is 4.89. The topological polar surface area (TPSA) is 143 Å². The monoisotopic (exact) mass is 654 g/mol. The minimum absolute atomic E-state index is 0.169. The van der Waals surface area contributed by atoms with Gasteiger partial charge in [0.05, 0.1) is 25.7 Å². The Hall–Kier alpha value is -5.19. The fourth-order valence-corrected chi connectivity index (χ4v) is 4.89. The first kappa shape index (κ1) is 35.7. The standard InChI is InChI=1S/C38H42N2O8/c1-3-4-5-6-7-24-47-32-20-14-29(15-21-32)38(45)48-33-22-12-27(13-23-33)35(37(43)44)40-36(42)28-10-16-30(17-11-28)39-34(41)25-26-8-18-31(46-2)19-9-26/h8-23,35,37,43-44H,3-7,24-25H2,1-2H3,(H,39,41)(H,40,42). The van der Waals surface area contributed by atoms with Gasteiger partial charge in [-0.3, -0.25) is 9.59 Å². The van der Waals surface area contributed by atoms with Crippen LogP contribution in [0.15, 0.2) is 97.1 Å². The van der Waals surface area contributed by atoms with Crippen LogP contribution in [-0.2, 0) is 11.2 Å². The van der Waals surface area contributed by atoms with Crippen molar-refractivity contribution in [2.24, 2.45) is 0 Å². The number of carbonyl (C=O) groups is 3. The van der Waals surface area contributed by atoms with E-state index in [9.17, 15) is 24.6 Å². The Balaban J connectivity index is 1.27. The van der Waals surface area contributed by atoms with Crippen molar-refractivity contribution in [3.8, 4) is 17.2 Å². The number of ether oxygens (including phenoxy) is 3. The molecule has 10 heteroatoms. The fraction of sp³-hybridized carbons (Fsp3) is 0.289. The van der Waals surface area contributed by atoms with Crippen LogP contribution in [0.3, 0.4) is 0 Å². The van der Waals surface area contributed by atoms with Gasteiger partial charge in [-0.1, -0.05) is 56.9 Å². The van der Waals surface area contributed by atoms with Crippen LogP contribution in [0.5, 0.6) is 17.2 Å². The van der Waals surface area contributed by atoms with Crippen LogP contribution in [-0.4, -0.2) is 48.0 Å². The molecule has 0 spiro atoms. The van der Waals surface area contributed by atoms with Gasteiger partial charge in [0.15, 0.2) is 6.29 Å². The Labute approximate surface area is 280 Å². The van der Waals surface area contributed by atoms with Gasteiger partial charge in [0.25, 0.3) is 5.91 Å². The molecule has 4 rings (SSSR count). The molecule has 0 radical (unpaired) electrons. The summed E-state index contributed by atoms with van der Waals surface area (Å²) in [5.74, 6) is 0.309. The van der Waals surface area contributed by atoms with Crippen LogP contribution in [0.4, 0.5) is 5.69 Å². The Morgan fingerprint density at radius 2 is 1.31 bits per heavy atom. The van der Waals surface area contributed by atoms with Gasteiger partial charge < -0.3 is 35.1 Å². The second kappa shape index (κ2) is 18.2. The lowest BCUT2D eigenvalue weighted by atomic mass is 10.1. The summed E-state index contributed by atoms with van der Waals surface area (Å²) >= 11 is 0. The SMILES string of the molecule is CCCCCCCOc1ccc(C(=O)Oc2ccc(C(NC(=O)c3ccc(NC(=O)Cc4ccc(OC)cc4)cc3)C(O)O)cc2)cc1. The largest absolute Gasteiger partial charge is 0.497 e. The number of hydrogen-bond donors (Lipinski definition) is 4. The maximum atomic E-state index is 13.0. The number of hydrogen-bond acceptors (Lipinski definition) is 8. The predicted octanol–water partition coefficient (Wildman–Crippen LogP) is 6.23. The molecular formula is C38H42N2O8. The lowest BCUT2D eigenvalue weighted by Crippen LogP contribution is -2.36. The summed E-state index contributed by atoms with van der Waals surface area (Å²) in [6.07, 6.45) is 4.00. The number of amides is 2.